The lowest BCUT2D eigenvalue weighted by atomic mass is 10.1. The molecule has 0 amide bonds. The molecule has 1 N–H and O–H groups in total. The van der Waals surface area contributed by atoms with Crippen LogP contribution in [0.3, 0.4) is 0 Å². The van der Waals surface area contributed by atoms with Gasteiger partial charge in [0.25, 0.3) is 0 Å². The number of hydrogen-bond acceptors (Lipinski definition) is 5. The molecule has 19 heavy (non-hydrogen) atoms. The minimum absolute atomic E-state index is 0.208. The van der Waals surface area contributed by atoms with Crippen molar-refractivity contribution in [2.75, 3.05) is 18.6 Å². The van der Waals surface area contributed by atoms with E-state index in [4.69, 9.17) is 4.74 Å². The van der Waals surface area contributed by atoms with Crippen molar-refractivity contribution in [2.24, 2.45) is 0 Å². The summed E-state index contributed by atoms with van der Waals surface area (Å²) in [6, 6.07) is 0. The second-order valence-corrected chi connectivity index (χ2v) is 7.45. The van der Waals surface area contributed by atoms with Crippen molar-refractivity contribution in [2.45, 2.75) is 43.4 Å². The molecule has 0 radical (unpaired) electrons. The summed E-state index contributed by atoms with van der Waals surface area (Å²) in [4.78, 5) is 0. The molecule has 2 heterocycles. The molecule has 3 atom stereocenters. The Hall–Kier alpha value is -0.330. The fourth-order valence-electron chi connectivity index (χ4n) is 2.38. The second-order valence-electron chi connectivity index (χ2n) is 4.68. The quantitative estimate of drug-likeness (QED) is 0.906. The predicted molar refractivity (Wildman–Crippen MR) is 82.2 cm³/mol. The minimum atomic E-state index is -0.517. The van der Waals surface area contributed by atoms with E-state index >= 15 is 0 Å². The molecule has 2 rings (SSSR count). The fraction of sp³-hybridized carbons (Fsp3) is 0.769. The zero-order chi connectivity index (χ0) is 13.8. The first kappa shape index (κ1) is 15.1. The summed E-state index contributed by atoms with van der Waals surface area (Å²) in [5.74, 6) is 2.96. The highest BCUT2D eigenvalue weighted by Gasteiger charge is 2.34. The van der Waals surface area contributed by atoms with Crippen LogP contribution in [0.4, 0.5) is 0 Å². The third-order valence-corrected chi connectivity index (χ3v) is 6.51. The van der Waals surface area contributed by atoms with Crippen LogP contribution in [0.5, 0.6) is 5.75 Å². The lowest BCUT2D eigenvalue weighted by Crippen LogP contribution is -2.31. The van der Waals surface area contributed by atoms with Crippen LogP contribution in [0.2, 0.25) is 0 Å². The van der Waals surface area contributed by atoms with Crippen LogP contribution in [0.1, 0.15) is 32.1 Å². The number of rotatable bonds is 5. The van der Waals surface area contributed by atoms with Gasteiger partial charge in [-0.15, -0.1) is 0 Å². The molecule has 1 aliphatic rings. The summed E-state index contributed by atoms with van der Waals surface area (Å²) < 4.78 is 7.25. The molecule has 0 spiro atoms. The second kappa shape index (κ2) is 6.90. The predicted octanol–water partition coefficient (Wildman–Crippen LogP) is 2.57. The summed E-state index contributed by atoms with van der Waals surface area (Å²) in [6.45, 7) is 5.12. The molecule has 1 aromatic heterocycles. The normalized spacial score (nSPS) is 25.3. The zero-order valence-corrected chi connectivity index (χ0v) is 13.3. The molecular formula is C13H22N2O2S2. The van der Waals surface area contributed by atoms with Crippen LogP contribution in [0.25, 0.3) is 0 Å². The van der Waals surface area contributed by atoms with E-state index in [9.17, 15) is 5.11 Å². The maximum Gasteiger partial charge on any atom is 0.162 e. The molecular weight excluding hydrogens is 280 g/mol. The number of aromatic nitrogens is 2. The largest absolute Gasteiger partial charge is 0.493 e. The lowest BCUT2D eigenvalue weighted by molar-refractivity contribution is 0.158. The van der Waals surface area contributed by atoms with Gasteiger partial charge in [-0.2, -0.15) is 28.6 Å². The maximum atomic E-state index is 10.7. The summed E-state index contributed by atoms with van der Waals surface area (Å²) in [7, 11) is 1.63. The van der Waals surface area contributed by atoms with Gasteiger partial charge in [0.1, 0.15) is 11.8 Å². The van der Waals surface area contributed by atoms with Crippen molar-refractivity contribution in [1.82, 2.24) is 9.78 Å². The number of nitrogens with zero attached hydrogens (tertiary/aromatic N) is 2. The van der Waals surface area contributed by atoms with E-state index < -0.39 is 6.10 Å². The van der Waals surface area contributed by atoms with Crippen molar-refractivity contribution in [1.29, 1.82) is 0 Å². The number of aryl methyl sites for hydroxylation is 1. The molecule has 108 valence electrons. The summed E-state index contributed by atoms with van der Waals surface area (Å²) in [6.07, 6.45) is 2.18. The molecule has 1 aliphatic heterocycles. The van der Waals surface area contributed by atoms with E-state index in [1.165, 1.54) is 5.75 Å². The molecule has 1 saturated heterocycles. The molecule has 0 aromatic carbocycles. The SMILES string of the molecule is CCCn1ncc(OC)c1C(O)C1SCCSC1C. The van der Waals surface area contributed by atoms with Crippen LogP contribution in [0.15, 0.2) is 6.20 Å². The zero-order valence-electron chi connectivity index (χ0n) is 11.7. The Labute approximate surface area is 123 Å². The van der Waals surface area contributed by atoms with Gasteiger partial charge in [-0.1, -0.05) is 13.8 Å². The van der Waals surface area contributed by atoms with Crippen LogP contribution in [0, 0.1) is 0 Å². The van der Waals surface area contributed by atoms with Crippen molar-refractivity contribution in [3.05, 3.63) is 11.9 Å². The van der Waals surface area contributed by atoms with Gasteiger partial charge in [-0.25, -0.2) is 0 Å². The molecule has 3 unspecified atom stereocenters. The Balaban J connectivity index is 2.25. The van der Waals surface area contributed by atoms with E-state index in [1.807, 2.05) is 28.2 Å². The van der Waals surface area contributed by atoms with E-state index in [0.29, 0.717) is 11.0 Å². The standard InChI is InChI=1S/C13H22N2O2S2/c1-4-5-15-11(10(17-3)8-14-15)12(16)13-9(2)18-6-7-19-13/h8-9,12-13,16H,4-7H2,1-3H3. The van der Waals surface area contributed by atoms with Gasteiger partial charge in [0.05, 0.1) is 13.3 Å². The Morgan fingerprint density at radius 3 is 2.89 bits per heavy atom. The number of thioether (sulfide) groups is 2. The van der Waals surface area contributed by atoms with Crippen LogP contribution in [-0.4, -0.2) is 44.0 Å². The molecule has 6 heteroatoms. The lowest BCUT2D eigenvalue weighted by Gasteiger charge is -2.32. The minimum Gasteiger partial charge on any atom is -0.493 e. The van der Waals surface area contributed by atoms with Gasteiger partial charge in [0.15, 0.2) is 5.75 Å². The molecule has 0 aliphatic carbocycles. The Kier molecular flexibility index (Phi) is 5.47. The van der Waals surface area contributed by atoms with Crippen molar-refractivity contribution >= 4 is 23.5 Å². The number of aliphatic hydroxyl groups excluding tert-OH is 1. The summed E-state index contributed by atoms with van der Waals surface area (Å²) in [5.41, 5.74) is 0.830. The Bertz CT molecular complexity index is 411. The summed E-state index contributed by atoms with van der Waals surface area (Å²) in [5, 5.41) is 15.7. The van der Waals surface area contributed by atoms with Gasteiger partial charge in [-0.05, 0) is 6.42 Å². The maximum absolute atomic E-state index is 10.7. The molecule has 1 fully saturated rings. The number of methoxy groups -OCH3 is 1. The number of aliphatic hydroxyl groups is 1. The number of hydrogen-bond donors (Lipinski definition) is 1. The molecule has 0 bridgehead atoms. The van der Waals surface area contributed by atoms with Crippen molar-refractivity contribution in [3.63, 3.8) is 0 Å². The van der Waals surface area contributed by atoms with Crippen LogP contribution < -0.4 is 4.74 Å². The fourth-order valence-corrected chi connectivity index (χ4v) is 5.18. The topological polar surface area (TPSA) is 47.3 Å². The highest BCUT2D eigenvalue weighted by molar-refractivity contribution is 8.07. The van der Waals surface area contributed by atoms with Crippen molar-refractivity contribution < 1.29 is 9.84 Å². The third kappa shape index (κ3) is 3.23. The summed E-state index contributed by atoms with van der Waals surface area (Å²) >= 11 is 3.79. The first-order chi connectivity index (χ1) is 9.19. The van der Waals surface area contributed by atoms with Gasteiger partial charge >= 0.3 is 0 Å². The highest BCUT2D eigenvalue weighted by atomic mass is 32.2. The highest BCUT2D eigenvalue weighted by Crippen LogP contribution is 2.40. The van der Waals surface area contributed by atoms with Crippen LogP contribution in [-0.2, 0) is 6.54 Å². The molecule has 0 saturated carbocycles. The first-order valence-electron chi connectivity index (χ1n) is 6.70. The average molecular weight is 302 g/mol. The molecule has 1 aromatic rings. The van der Waals surface area contributed by atoms with Crippen LogP contribution >= 0.6 is 23.5 Å². The van der Waals surface area contributed by atoms with Crippen molar-refractivity contribution in [3.8, 4) is 5.75 Å². The van der Waals surface area contributed by atoms with Gasteiger partial charge in [0.2, 0.25) is 0 Å². The molecule has 4 nitrogen and oxygen atoms in total. The first-order valence-corrected chi connectivity index (χ1v) is 8.79. The van der Waals surface area contributed by atoms with E-state index in [-0.39, 0.29) is 5.25 Å². The Morgan fingerprint density at radius 1 is 1.53 bits per heavy atom. The third-order valence-electron chi connectivity index (χ3n) is 3.33. The van der Waals surface area contributed by atoms with Gasteiger partial charge < -0.3 is 9.84 Å². The smallest absolute Gasteiger partial charge is 0.162 e. The van der Waals surface area contributed by atoms with Gasteiger partial charge in [0, 0.05) is 28.6 Å². The van der Waals surface area contributed by atoms with Gasteiger partial charge in [-0.3, -0.25) is 4.68 Å². The number of ether oxygens (including phenoxy) is 1. The average Bonchev–Trinajstić information content (AvgIpc) is 2.82. The van der Waals surface area contributed by atoms with E-state index in [1.54, 1.807) is 13.3 Å². The van der Waals surface area contributed by atoms with E-state index in [0.717, 1.165) is 24.4 Å². The monoisotopic (exact) mass is 302 g/mol. The Morgan fingerprint density at radius 2 is 2.26 bits per heavy atom. The van der Waals surface area contributed by atoms with E-state index in [2.05, 4.69) is 18.9 Å².